The lowest BCUT2D eigenvalue weighted by atomic mass is 9.99. The molecule has 1 heterocycles. The molecule has 0 bridgehead atoms. The number of nitrogens with zero attached hydrogens (tertiary/aromatic N) is 1. The van der Waals surface area contributed by atoms with Crippen molar-refractivity contribution in [2.24, 2.45) is 11.7 Å². The minimum absolute atomic E-state index is 0.134. The fourth-order valence-electron chi connectivity index (χ4n) is 4.20. The van der Waals surface area contributed by atoms with E-state index >= 15 is 0 Å². The van der Waals surface area contributed by atoms with Crippen LogP contribution in [0.4, 0.5) is 0 Å². The summed E-state index contributed by atoms with van der Waals surface area (Å²) in [6, 6.07) is 8.60. The Morgan fingerprint density at radius 3 is 2.80 bits per heavy atom. The van der Waals surface area contributed by atoms with Crippen molar-refractivity contribution in [3.63, 3.8) is 0 Å². The number of carbonyl (C=O) groups excluding carboxylic acids is 1. The van der Waals surface area contributed by atoms with Crippen LogP contribution in [0.3, 0.4) is 0 Å². The Morgan fingerprint density at radius 1 is 1.32 bits per heavy atom. The smallest absolute Gasteiger partial charge is 0.220 e. The van der Waals surface area contributed by atoms with E-state index in [1.807, 2.05) is 12.1 Å². The van der Waals surface area contributed by atoms with Gasteiger partial charge >= 0.3 is 0 Å². The van der Waals surface area contributed by atoms with Crippen molar-refractivity contribution >= 4 is 5.91 Å². The molecule has 1 saturated carbocycles. The van der Waals surface area contributed by atoms with Gasteiger partial charge in [-0.2, -0.15) is 0 Å². The standard InChI is InChI=1S/C20H31N3O2/c1-25-17-8-4-7-16(12-17)19(23-10-2-3-11-23)14-22-20(24)13-15-6-5-9-18(15)21/h4,7-8,12,15,18-19H,2-3,5-6,9-11,13-14,21H2,1H3,(H,22,24)/t15-,18+,19?/m0/s1. The van der Waals surface area contributed by atoms with Crippen molar-refractivity contribution in [2.75, 3.05) is 26.7 Å². The van der Waals surface area contributed by atoms with Crippen molar-refractivity contribution in [2.45, 2.75) is 50.6 Å². The third-order valence-corrected chi connectivity index (χ3v) is 5.72. The topological polar surface area (TPSA) is 67.6 Å². The highest BCUT2D eigenvalue weighted by molar-refractivity contribution is 5.76. The van der Waals surface area contributed by atoms with Crippen molar-refractivity contribution in [3.8, 4) is 5.75 Å². The van der Waals surface area contributed by atoms with Crippen LogP contribution in [0.15, 0.2) is 24.3 Å². The predicted octanol–water partition coefficient (Wildman–Crippen LogP) is 2.47. The molecular formula is C20H31N3O2. The van der Waals surface area contributed by atoms with Crippen LogP contribution in [0.2, 0.25) is 0 Å². The molecule has 1 aliphatic carbocycles. The zero-order chi connectivity index (χ0) is 17.6. The molecule has 5 nitrogen and oxygen atoms in total. The van der Waals surface area contributed by atoms with E-state index in [1.54, 1.807) is 7.11 Å². The van der Waals surface area contributed by atoms with E-state index in [0.717, 1.165) is 38.1 Å². The predicted molar refractivity (Wildman–Crippen MR) is 99.5 cm³/mol. The maximum absolute atomic E-state index is 12.4. The average molecular weight is 345 g/mol. The number of carbonyl (C=O) groups is 1. The van der Waals surface area contributed by atoms with Gasteiger partial charge in [0.25, 0.3) is 0 Å². The van der Waals surface area contributed by atoms with Crippen LogP contribution >= 0.6 is 0 Å². The summed E-state index contributed by atoms with van der Waals surface area (Å²) in [5.74, 6) is 1.35. The summed E-state index contributed by atoms with van der Waals surface area (Å²) in [6.45, 7) is 2.82. The highest BCUT2D eigenvalue weighted by atomic mass is 16.5. The monoisotopic (exact) mass is 345 g/mol. The van der Waals surface area contributed by atoms with Gasteiger partial charge in [0.15, 0.2) is 0 Å². The largest absolute Gasteiger partial charge is 0.497 e. The van der Waals surface area contributed by atoms with Crippen molar-refractivity contribution in [1.82, 2.24) is 10.2 Å². The van der Waals surface area contributed by atoms with Crippen LogP contribution in [-0.2, 0) is 4.79 Å². The van der Waals surface area contributed by atoms with Crippen molar-refractivity contribution < 1.29 is 9.53 Å². The molecule has 25 heavy (non-hydrogen) atoms. The summed E-state index contributed by atoms with van der Waals surface area (Å²) < 4.78 is 5.37. The molecular weight excluding hydrogens is 314 g/mol. The molecule has 3 rings (SSSR count). The number of hydrogen-bond donors (Lipinski definition) is 2. The SMILES string of the molecule is COc1cccc(C(CNC(=O)C[C@@H]2CCC[C@H]2N)N2CCCC2)c1. The Kier molecular flexibility index (Phi) is 6.32. The summed E-state index contributed by atoms with van der Waals surface area (Å²) in [7, 11) is 1.69. The van der Waals surface area contributed by atoms with Crippen molar-refractivity contribution in [1.29, 1.82) is 0 Å². The van der Waals surface area contributed by atoms with Crippen LogP contribution in [0.1, 0.15) is 50.1 Å². The van der Waals surface area contributed by atoms with Gasteiger partial charge < -0.3 is 15.8 Å². The molecule has 0 radical (unpaired) electrons. The molecule has 1 aliphatic heterocycles. The number of rotatable bonds is 7. The first-order valence-electron chi connectivity index (χ1n) is 9.57. The number of likely N-dealkylation sites (tertiary alicyclic amines) is 1. The number of nitrogens with one attached hydrogen (secondary N) is 1. The Labute approximate surface area is 150 Å². The van der Waals surface area contributed by atoms with E-state index in [0.29, 0.717) is 18.9 Å². The zero-order valence-corrected chi connectivity index (χ0v) is 15.2. The Hall–Kier alpha value is -1.59. The summed E-state index contributed by atoms with van der Waals surface area (Å²) in [5.41, 5.74) is 7.31. The zero-order valence-electron chi connectivity index (χ0n) is 15.2. The summed E-state index contributed by atoms with van der Waals surface area (Å²) in [6.07, 6.45) is 6.31. The van der Waals surface area contributed by atoms with Gasteiger partial charge in [0.05, 0.1) is 13.2 Å². The van der Waals surface area contributed by atoms with E-state index in [-0.39, 0.29) is 18.0 Å². The van der Waals surface area contributed by atoms with Gasteiger partial charge in [0.1, 0.15) is 5.75 Å². The number of methoxy groups -OCH3 is 1. The molecule has 0 aromatic heterocycles. The fourth-order valence-corrected chi connectivity index (χ4v) is 4.20. The maximum Gasteiger partial charge on any atom is 0.220 e. The first kappa shape index (κ1) is 18.2. The van der Waals surface area contributed by atoms with Gasteiger partial charge in [-0.3, -0.25) is 9.69 Å². The molecule has 1 aromatic carbocycles. The number of benzene rings is 1. The van der Waals surface area contributed by atoms with Gasteiger partial charge in [-0.15, -0.1) is 0 Å². The Bertz CT molecular complexity index is 572. The summed E-state index contributed by atoms with van der Waals surface area (Å²) >= 11 is 0. The number of amides is 1. The second kappa shape index (κ2) is 8.68. The Morgan fingerprint density at radius 2 is 2.12 bits per heavy atom. The molecule has 138 valence electrons. The molecule has 5 heteroatoms. The van der Waals surface area contributed by atoms with E-state index in [4.69, 9.17) is 10.5 Å². The third-order valence-electron chi connectivity index (χ3n) is 5.72. The van der Waals surface area contributed by atoms with Crippen molar-refractivity contribution in [3.05, 3.63) is 29.8 Å². The lowest BCUT2D eigenvalue weighted by Crippen LogP contribution is -2.38. The highest BCUT2D eigenvalue weighted by Crippen LogP contribution is 2.28. The van der Waals surface area contributed by atoms with Gasteiger partial charge in [0, 0.05) is 19.0 Å². The summed E-state index contributed by atoms with van der Waals surface area (Å²) in [5, 5.41) is 3.17. The molecule has 1 saturated heterocycles. The lowest BCUT2D eigenvalue weighted by molar-refractivity contribution is -0.122. The molecule has 0 spiro atoms. The normalized spacial score (nSPS) is 25.0. The molecule has 1 aromatic rings. The molecule has 3 N–H and O–H groups in total. The lowest BCUT2D eigenvalue weighted by Gasteiger charge is -2.28. The van der Waals surface area contributed by atoms with Crippen LogP contribution < -0.4 is 15.8 Å². The molecule has 1 amide bonds. The number of ether oxygens (including phenoxy) is 1. The van der Waals surface area contributed by atoms with E-state index in [9.17, 15) is 4.79 Å². The van der Waals surface area contributed by atoms with Gasteiger partial charge in [0.2, 0.25) is 5.91 Å². The Balaban J connectivity index is 1.62. The first-order valence-corrected chi connectivity index (χ1v) is 9.57. The van der Waals surface area contributed by atoms with E-state index in [1.165, 1.54) is 18.4 Å². The average Bonchev–Trinajstić information content (AvgIpc) is 3.28. The van der Waals surface area contributed by atoms with E-state index in [2.05, 4.69) is 22.3 Å². The van der Waals surface area contributed by atoms with Crippen LogP contribution in [0.5, 0.6) is 5.75 Å². The molecule has 1 unspecified atom stereocenters. The van der Waals surface area contributed by atoms with Gasteiger partial charge in [-0.25, -0.2) is 0 Å². The summed E-state index contributed by atoms with van der Waals surface area (Å²) in [4.78, 5) is 14.9. The number of hydrogen-bond acceptors (Lipinski definition) is 4. The maximum atomic E-state index is 12.4. The van der Waals surface area contributed by atoms with Crippen LogP contribution in [0, 0.1) is 5.92 Å². The third kappa shape index (κ3) is 4.73. The minimum Gasteiger partial charge on any atom is -0.497 e. The fraction of sp³-hybridized carbons (Fsp3) is 0.650. The first-order chi connectivity index (χ1) is 12.2. The van der Waals surface area contributed by atoms with Crippen LogP contribution in [-0.4, -0.2) is 43.6 Å². The minimum atomic E-state index is 0.134. The van der Waals surface area contributed by atoms with Gasteiger partial charge in [-0.1, -0.05) is 18.6 Å². The second-order valence-corrected chi connectivity index (χ2v) is 7.40. The molecule has 2 aliphatic rings. The quantitative estimate of drug-likeness (QED) is 0.797. The number of nitrogens with two attached hydrogens (primary N) is 1. The molecule has 3 atom stereocenters. The van der Waals surface area contributed by atoms with E-state index < -0.39 is 0 Å². The van der Waals surface area contributed by atoms with Gasteiger partial charge in [-0.05, 0) is 62.4 Å². The van der Waals surface area contributed by atoms with Crippen LogP contribution in [0.25, 0.3) is 0 Å². The molecule has 2 fully saturated rings. The second-order valence-electron chi connectivity index (χ2n) is 7.40. The highest BCUT2D eigenvalue weighted by Gasteiger charge is 2.28.